The molecule has 0 aliphatic rings. The maximum absolute atomic E-state index is 11.7. The van der Waals surface area contributed by atoms with E-state index in [1.165, 1.54) is 23.5 Å². The van der Waals surface area contributed by atoms with Gasteiger partial charge in [-0.1, -0.05) is 92.8 Å². The van der Waals surface area contributed by atoms with Crippen molar-refractivity contribution in [3.8, 4) is 0 Å². The highest BCUT2D eigenvalue weighted by atomic mass is 32.2. The molecule has 6 heteroatoms. The summed E-state index contributed by atoms with van der Waals surface area (Å²) in [5, 5.41) is 0.463. The SMILES string of the molecule is CCSC(=O)N(CC(C)C)CC(C)C.CCSC(=O)N(CC(C)C)CC(C)C. The summed E-state index contributed by atoms with van der Waals surface area (Å²) in [5.41, 5.74) is 0. The monoisotopic (exact) mass is 434 g/mol. The van der Waals surface area contributed by atoms with E-state index in [4.69, 9.17) is 0 Å². The maximum atomic E-state index is 11.7. The molecule has 28 heavy (non-hydrogen) atoms. The molecule has 0 saturated carbocycles. The van der Waals surface area contributed by atoms with Crippen LogP contribution in [0.1, 0.15) is 69.2 Å². The van der Waals surface area contributed by atoms with Crippen molar-refractivity contribution in [2.45, 2.75) is 69.2 Å². The van der Waals surface area contributed by atoms with Crippen LogP contribution in [0.5, 0.6) is 0 Å². The number of hydrogen-bond acceptors (Lipinski definition) is 4. The topological polar surface area (TPSA) is 40.6 Å². The van der Waals surface area contributed by atoms with E-state index in [0.29, 0.717) is 23.7 Å². The van der Waals surface area contributed by atoms with E-state index >= 15 is 0 Å². The van der Waals surface area contributed by atoms with Gasteiger partial charge in [0.2, 0.25) is 0 Å². The number of carbonyl (C=O) groups is 2. The molecule has 0 rings (SSSR count). The fraction of sp³-hybridized carbons (Fsp3) is 0.909. The van der Waals surface area contributed by atoms with Gasteiger partial charge in [0.1, 0.15) is 0 Å². The number of rotatable bonds is 10. The van der Waals surface area contributed by atoms with Crippen molar-refractivity contribution in [3.63, 3.8) is 0 Å². The molecule has 0 radical (unpaired) electrons. The molecule has 0 bridgehead atoms. The average Bonchev–Trinajstić information content (AvgIpc) is 2.53. The molecule has 0 unspecified atom stereocenters. The van der Waals surface area contributed by atoms with Crippen molar-refractivity contribution in [2.75, 3.05) is 37.7 Å². The van der Waals surface area contributed by atoms with Gasteiger partial charge in [-0.05, 0) is 35.2 Å². The molecule has 168 valence electrons. The standard InChI is InChI=1S/2C11H23NOS/c2*1-6-14-11(13)12(7-9(2)3)8-10(4)5/h2*9-10H,6-8H2,1-5H3. The second-order valence-electron chi connectivity index (χ2n) is 8.78. The first kappa shape index (κ1) is 29.8. The van der Waals surface area contributed by atoms with Crippen LogP contribution >= 0.6 is 23.5 Å². The van der Waals surface area contributed by atoms with Gasteiger partial charge in [-0.3, -0.25) is 9.59 Å². The lowest BCUT2D eigenvalue weighted by atomic mass is 10.1. The Bertz CT molecular complexity index is 355. The predicted molar refractivity (Wildman–Crippen MR) is 130 cm³/mol. The molecule has 2 amide bonds. The summed E-state index contributed by atoms with van der Waals surface area (Å²) in [6, 6.07) is 0. The van der Waals surface area contributed by atoms with Crippen molar-refractivity contribution < 1.29 is 9.59 Å². The van der Waals surface area contributed by atoms with E-state index in [0.717, 1.165) is 37.7 Å². The Hall–Kier alpha value is -0.360. The molecule has 0 spiro atoms. The van der Waals surface area contributed by atoms with Crippen LogP contribution in [0.3, 0.4) is 0 Å². The molecule has 0 atom stereocenters. The van der Waals surface area contributed by atoms with E-state index in [9.17, 15) is 9.59 Å². The van der Waals surface area contributed by atoms with Crippen molar-refractivity contribution in [1.29, 1.82) is 0 Å². The van der Waals surface area contributed by atoms with Crippen molar-refractivity contribution in [1.82, 2.24) is 9.80 Å². The highest BCUT2D eigenvalue weighted by molar-refractivity contribution is 8.13. The Morgan fingerprint density at radius 2 is 0.786 bits per heavy atom. The normalized spacial score (nSPS) is 11.1. The average molecular weight is 435 g/mol. The van der Waals surface area contributed by atoms with Gasteiger partial charge in [-0.2, -0.15) is 0 Å². The highest BCUT2D eigenvalue weighted by Gasteiger charge is 2.16. The van der Waals surface area contributed by atoms with Gasteiger partial charge in [0, 0.05) is 26.2 Å². The van der Waals surface area contributed by atoms with Crippen molar-refractivity contribution in [3.05, 3.63) is 0 Å². The second kappa shape index (κ2) is 17.5. The minimum atomic E-state index is 0.231. The summed E-state index contributed by atoms with van der Waals surface area (Å²) in [4.78, 5) is 27.4. The first-order chi connectivity index (χ1) is 12.9. The third kappa shape index (κ3) is 17.7. The second-order valence-corrected chi connectivity index (χ2v) is 11.2. The number of amides is 2. The molecule has 0 saturated heterocycles. The van der Waals surface area contributed by atoms with E-state index in [2.05, 4.69) is 55.4 Å². The minimum Gasteiger partial charge on any atom is -0.333 e. The Labute approximate surface area is 183 Å². The van der Waals surface area contributed by atoms with E-state index < -0.39 is 0 Å². The van der Waals surface area contributed by atoms with Crippen LogP contribution in [-0.2, 0) is 0 Å². The predicted octanol–water partition coefficient (Wildman–Crippen LogP) is 6.95. The third-order valence-electron chi connectivity index (χ3n) is 3.39. The largest absolute Gasteiger partial charge is 0.333 e. The Kier molecular flexibility index (Phi) is 18.6. The van der Waals surface area contributed by atoms with Gasteiger partial charge in [0.15, 0.2) is 0 Å². The number of nitrogens with zero attached hydrogens (tertiary/aromatic N) is 2. The van der Waals surface area contributed by atoms with Crippen molar-refractivity contribution in [2.24, 2.45) is 23.7 Å². The molecule has 0 aromatic heterocycles. The van der Waals surface area contributed by atoms with Crippen LogP contribution in [0.15, 0.2) is 0 Å². The summed E-state index contributed by atoms with van der Waals surface area (Å²) in [6.45, 7) is 24.8. The van der Waals surface area contributed by atoms with E-state index in [1.54, 1.807) is 0 Å². The number of hydrogen-bond donors (Lipinski definition) is 0. The van der Waals surface area contributed by atoms with Gasteiger partial charge in [-0.25, -0.2) is 0 Å². The number of carbonyl (C=O) groups excluding carboxylic acids is 2. The highest BCUT2D eigenvalue weighted by Crippen LogP contribution is 2.13. The van der Waals surface area contributed by atoms with Crippen LogP contribution in [0.4, 0.5) is 9.59 Å². The van der Waals surface area contributed by atoms with Crippen LogP contribution in [0, 0.1) is 23.7 Å². The van der Waals surface area contributed by atoms with Gasteiger partial charge >= 0.3 is 0 Å². The molecule has 0 aliphatic carbocycles. The smallest absolute Gasteiger partial charge is 0.281 e. The summed E-state index contributed by atoms with van der Waals surface area (Å²) in [6.07, 6.45) is 0. The van der Waals surface area contributed by atoms with Crippen molar-refractivity contribution >= 4 is 34.0 Å². The molecule has 0 aliphatic heterocycles. The van der Waals surface area contributed by atoms with Gasteiger partial charge in [0.25, 0.3) is 10.5 Å². The van der Waals surface area contributed by atoms with Crippen LogP contribution in [0.2, 0.25) is 0 Å². The Morgan fingerprint density at radius 3 is 0.929 bits per heavy atom. The fourth-order valence-corrected chi connectivity index (χ4v) is 3.80. The maximum Gasteiger partial charge on any atom is 0.281 e. The summed E-state index contributed by atoms with van der Waals surface area (Å²) < 4.78 is 0. The summed E-state index contributed by atoms with van der Waals surface area (Å²) >= 11 is 2.82. The molecular weight excluding hydrogens is 388 g/mol. The molecular formula is C22H46N2O2S2. The molecule has 0 heterocycles. The molecule has 0 N–H and O–H groups in total. The van der Waals surface area contributed by atoms with Crippen LogP contribution in [0.25, 0.3) is 0 Å². The lowest BCUT2D eigenvalue weighted by molar-refractivity contribution is 0.207. The molecule has 0 aromatic carbocycles. The zero-order valence-corrected chi connectivity index (χ0v) is 21.7. The zero-order valence-electron chi connectivity index (χ0n) is 20.1. The van der Waals surface area contributed by atoms with Crippen LogP contribution < -0.4 is 0 Å². The lowest BCUT2D eigenvalue weighted by Gasteiger charge is -2.25. The minimum absolute atomic E-state index is 0.231. The van der Waals surface area contributed by atoms with Gasteiger partial charge < -0.3 is 9.80 Å². The first-order valence-corrected chi connectivity index (χ1v) is 12.7. The fourth-order valence-electron chi connectivity index (χ4n) is 2.64. The Balaban J connectivity index is 0. The quantitative estimate of drug-likeness (QED) is 0.373. The van der Waals surface area contributed by atoms with Gasteiger partial charge in [-0.15, -0.1) is 0 Å². The first-order valence-electron chi connectivity index (χ1n) is 10.8. The summed E-state index contributed by atoms with van der Waals surface area (Å²) in [7, 11) is 0. The third-order valence-corrected chi connectivity index (χ3v) is 4.98. The lowest BCUT2D eigenvalue weighted by Crippen LogP contribution is -2.34. The molecule has 0 aromatic rings. The zero-order chi connectivity index (χ0) is 22.3. The molecule has 4 nitrogen and oxygen atoms in total. The van der Waals surface area contributed by atoms with E-state index in [1.807, 2.05) is 23.6 Å². The van der Waals surface area contributed by atoms with E-state index in [-0.39, 0.29) is 10.5 Å². The summed E-state index contributed by atoms with van der Waals surface area (Å²) in [5.74, 6) is 3.94. The van der Waals surface area contributed by atoms with Crippen LogP contribution in [-0.4, -0.2) is 58.0 Å². The Morgan fingerprint density at radius 1 is 0.571 bits per heavy atom. The number of thioether (sulfide) groups is 2. The molecule has 0 fully saturated rings. The van der Waals surface area contributed by atoms with Gasteiger partial charge in [0.05, 0.1) is 0 Å².